The molecule has 1 amide bonds. The fraction of sp³-hybridized carbons (Fsp3) is 0.556. The number of carbonyl (C=O) groups excluding carboxylic acids is 1. The lowest BCUT2D eigenvalue weighted by molar-refractivity contribution is -0.145. The van der Waals surface area contributed by atoms with Crippen LogP contribution < -0.4 is 10.1 Å². The van der Waals surface area contributed by atoms with Gasteiger partial charge in [-0.3, -0.25) is 4.79 Å². The normalized spacial score (nSPS) is 12.8. The summed E-state index contributed by atoms with van der Waals surface area (Å²) in [5, 5.41) is 11.8. The molecular weight excluding hydrogens is 294 g/mol. The maximum atomic E-state index is 12.4. The smallest absolute Gasteiger partial charge is 0.326 e. The molecule has 0 saturated carbocycles. The van der Waals surface area contributed by atoms with Gasteiger partial charge < -0.3 is 15.2 Å². The molecule has 0 aliphatic carbocycles. The number of aliphatic carboxylic acids is 1. The third-order valence-corrected chi connectivity index (χ3v) is 3.78. The molecule has 0 aliphatic heterocycles. The van der Waals surface area contributed by atoms with Crippen LogP contribution >= 0.6 is 0 Å². The number of aryl methyl sites for hydroxylation is 1. The highest BCUT2D eigenvalue weighted by molar-refractivity contribution is 5.87. The van der Waals surface area contributed by atoms with Crippen molar-refractivity contribution in [1.29, 1.82) is 0 Å². The first-order valence-corrected chi connectivity index (χ1v) is 7.93. The molecule has 0 fully saturated rings. The fourth-order valence-corrected chi connectivity index (χ4v) is 2.11. The van der Waals surface area contributed by atoms with E-state index in [0.717, 1.165) is 17.7 Å². The van der Waals surface area contributed by atoms with E-state index in [9.17, 15) is 14.7 Å². The Bertz CT molecular complexity index is 552. The zero-order chi connectivity index (χ0) is 17.6. The first-order chi connectivity index (χ1) is 10.7. The average Bonchev–Trinajstić information content (AvgIpc) is 2.49. The Morgan fingerprint density at radius 2 is 1.87 bits per heavy atom. The summed E-state index contributed by atoms with van der Waals surface area (Å²) in [5.74, 6) is -0.780. The van der Waals surface area contributed by atoms with Gasteiger partial charge in [-0.2, -0.15) is 0 Å². The topological polar surface area (TPSA) is 75.6 Å². The summed E-state index contributed by atoms with van der Waals surface area (Å²) in [6.07, 6.45) is 0.844. The van der Waals surface area contributed by atoms with Crippen molar-refractivity contribution >= 4 is 11.9 Å². The van der Waals surface area contributed by atoms with Gasteiger partial charge in [-0.15, -0.1) is 0 Å². The van der Waals surface area contributed by atoms with Crippen LogP contribution in [0.2, 0.25) is 0 Å². The summed E-state index contributed by atoms with van der Waals surface area (Å²) in [6, 6.07) is 6.80. The molecule has 1 rings (SSSR count). The van der Waals surface area contributed by atoms with Gasteiger partial charge in [-0.1, -0.05) is 39.0 Å². The number of carboxylic acids is 1. The average molecular weight is 321 g/mol. The first kappa shape index (κ1) is 19.0. The summed E-state index contributed by atoms with van der Waals surface area (Å²) in [5.41, 5.74) is 0.248. The molecule has 1 atom stereocenters. The van der Waals surface area contributed by atoms with Gasteiger partial charge in [0.05, 0.1) is 5.41 Å². The fourth-order valence-electron chi connectivity index (χ4n) is 2.11. The summed E-state index contributed by atoms with van der Waals surface area (Å²) >= 11 is 0. The van der Waals surface area contributed by atoms with E-state index in [1.807, 2.05) is 31.2 Å². The van der Waals surface area contributed by atoms with E-state index in [4.69, 9.17) is 4.74 Å². The molecule has 1 aromatic rings. The van der Waals surface area contributed by atoms with Crippen molar-refractivity contribution < 1.29 is 19.4 Å². The van der Waals surface area contributed by atoms with Gasteiger partial charge in [-0.25, -0.2) is 4.79 Å². The number of benzene rings is 1. The largest absolute Gasteiger partial charge is 0.492 e. The van der Waals surface area contributed by atoms with E-state index < -0.39 is 17.4 Å². The van der Waals surface area contributed by atoms with E-state index >= 15 is 0 Å². The predicted molar refractivity (Wildman–Crippen MR) is 89.5 cm³/mol. The minimum Gasteiger partial charge on any atom is -0.492 e. The van der Waals surface area contributed by atoms with E-state index in [2.05, 4.69) is 5.32 Å². The number of amides is 1. The molecule has 5 nitrogen and oxygen atoms in total. The Hall–Kier alpha value is -2.04. The van der Waals surface area contributed by atoms with E-state index in [1.54, 1.807) is 27.7 Å². The van der Waals surface area contributed by atoms with Crippen LogP contribution in [0.3, 0.4) is 0 Å². The van der Waals surface area contributed by atoms with Gasteiger partial charge >= 0.3 is 5.97 Å². The minimum atomic E-state index is -1.03. The Kier molecular flexibility index (Phi) is 6.61. The third-order valence-electron chi connectivity index (χ3n) is 3.78. The summed E-state index contributed by atoms with van der Waals surface area (Å²) in [6.45, 7) is 9.24. The van der Waals surface area contributed by atoms with E-state index in [-0.39, 0.29) is 18.4 Å². The molecule has 1 aromatic carbocycles. The molecule has 0 aliphatic rings. The molecule has 0 bridgehead atoms. The molecule has 2 N–H and O–H groups in total. The molecule has 5 heteroatoms. The van der Waals surface area contributed by atoms with E-state index in [1.165, 1.54) is 0 Å². The van der Waals surface area contributed by atoms with Crippen molar-refractivity contribution in [3.8, 4) is 5.75 Å². The third kappa shape index (κ3) is 5.27. The standard InChI is InChI=1S/C18H27NO4/c1-6-13-9-7-8-10-14(13)23-11-18(4,5)17(22)19-15(12(2)3)16(20)21/h7-10,12,15H,6,11H2,1-5H3,(H,19,22)(H,20,21). The molecule has 128 valence electrons. The van der Waals surface area contributed by atoms with Gasteiger partial charge in [0.1, 0.15) is 18.4 Å². The van der Waals surface area contributed by atoms with E-state index in [0.29, 0.717) is 0 Å². The summed E-state index contributed by atoms with van der Waals surface area (Å²) < 4.78 is 5.81. The molecule has 1 unspecified atom stereocenters. The Morgan fingerprint density at radius 1 is 1.26 bits per heavy atom. The number of nitrogens with one attached hydrogen (secondary N) is 1. The van der Waals surface area contributed by atoms with Crippen LogP contribution in [-0.2, 0) is 16.0 Å². The second kappa shape index (κ2) is 7.99. The molecule has 0 aromatic heterocycles. The molecular formula is C18H27NO4. The lowest BCUT2D eigenvalue weighted by Gasteiger charge is -2.27. The highest BCUT2D eigenvalue weighted by Crippen LogP contribution is 2.23. The first-order valence-electron chi connectivity index (χ1n) is 7.93. The van der Waals surface area contributed by atoms with Gasteiger partial charge in [0.2, 0.25) is 5.91 Å². The van der Waals surface area contributed by atoms with Crippen molar-refractivity contribution in [2.24, 2.45) is 11.3 Å². The number of rotatable bonds is 8. The van der Waals surface area contributed by atoms with Crippen molar-refractivity contribution in [2.45, 2.75) is 47.1 Å². The van der Waals surface area contributed by atoms with Crippen molar-refractivity contribution in [3.63, 3.8) is 0 Å². The Labute approximate surface area is 138 Å². The van der Waals surface area contributed by atoms with Crippen LogP contribution in [0.5, 0.6) is 5.75 Å². The van der Waals surface area contributed by atoms with Crippen molar-refractivity contribution in [2.75, 3.05) is 6.61 Å². The van der Waals surface area contributed by atoms with Crippen molar-refractivity contribution in [3.05, 3.63) is 29.8 Å². The van der Waals surface area contributed by atoms with Crippen LogP contribution in [0.25, 0.3) is 0 Å². The van der Waals surface area contributed by atoms with Crippen LogP contribution in [0.1, 0.15) is 40.2 Å². The van der Waals surface area contributed by atoms with Gasteiger partial charge in [0, 0.05) is 0 Å². The maximum absolute atomic E-state index is 12.4. The monoisotopic (exact) mass is 321 g/mol. The lowest BCUT2D eigenvalue weighted by Crippen LogP contribution is -2.50. The van der Waals surface area contributed by atoms with Gasteiger partial charge in [-0.05, 0) is 37.8 Å². The molecule has 0 radical (unpaired) electrons. The van der Waals surface area contributed by atoms with Crippen LogP contribution in [-0.4, -0.2) is 29.6 Å². The second-order valence-electron chi connectivity index (χ2n) is 6.67. The van der Waals surface area contributed by atoms with Gasteiger partial charge in [0.25, 0.3) is 0 Å². The highest BCUT2D eigenvalue weighted by Gasteiger charge is 2.33. The van der Waals surface area contributed by atoms with Crippen LogP contribution in [0.15, 0.2) is 24.3 Å². The molecule has 23 heavy (non-hydrogen) atoms. The Balaban J connectivity index is 2.74. The number of para-hydroxylation sites is 1. The number of ether oxygens (including phenoxy) is 1. The maximum Gasteiger partial charge on any atom is 0.326 e. The van der Waals surface area contributed by atoms with Gasteiger partial charge in [0.15, 0.2) is 0 Å². The highest BCUT2D eigenvalue weighted by atomic mass is 16.5. The quantitative estimate of drug-likeness (QED) is 0.772. The summed E-state index contributed by atoms with van der Waals surface area (Å²) in [7, 11) is 0. The minimum absolute atomic E-state index is 0.181. The summed E-state index contributed by atoms with van der Waals surface area (Å²) in [4.78, 5) is 23.6. The SMILES string of the molecule is CCc1ccccc1OCC(C)(C)C(=O)NC(C(=O)O)C(C)C. The van der Waals surface area contributed by atoms with Crippen LogP contribution in [0, 0.1) is 11.3 Å². The number of carboxylic acid groups (broad SMARTS) is 1. The molecule has 0 heterocycles. The zero-order valence-electron chi connectivity index (χ0n) is 14.6. The Morgan fingerprint density at radius 3 is 2.39 bits per heavy atom. The zero-order valence-corrected chi connectivity index (χ0v) is 14.6. The number of carbonyl (C=O) groups is 2. The van der Waals surface area contributed by atoms with Crippen molar-refractivity contribution in [1.82, 2.24) is 5.32 Å². The second-order valence-corrected chi connectivity index (χ2v) is 6.67. The molecule has 0 saturated heterocycles. The predicted octanol–water partition coefficient (Wildman–Crippen LogP) is 2.88. The number of hydrogen-bond acceptors (Lipinski definition) is 3. The number of hydrogen-bond donors (Lipinski definition) is 2. The van der Waals surface area contributed by atoms with Crippen LogP contribution in [0.4, 0.5) is 0 Å². The molecule has 0 spiro atoms. The lowest BCUT2D eigenvalue weighted by atomic mass is 9.92.